The van der Waals surface area contributed by atoms with Crippen molar-refractivity contribution in [1.29, 1.82) is 0 Å². The average Bonchev–Trinajstić information content (AvgIpc) is 2.47. The van der Waals surface area contributed by atoms with Gasteiger partial charge in [-0.25, -0.2) is 0 Å². The van der Waals surface area contributed by atoms with Crippen LogP contribution in [0.4, 0.5) is 0 Å². The molecular weight excluding hydrogens is 246 g/mol. The van der Waals surface area contributed by atoms with E-state index >= 15 is 0 Å². The Balaban J connectivity index is 1.87. The molecule has 2 N–H and O–H groups in total. The van der Waals surface area contributed by atoms with Crippen molar-refractivity contribution in [2.24, 2.45) is 11.7 Å². The van der Waals surface area contributed by atoms with Crippen LogP contribution in [-0.4, -0.2) is 48.6 Å². The summed E-state index contributed by atoms with van der Waals surface area (Å²) in [6.07, 6.45) is 0. The fraction of sp³-hybridized carbons (Fsp3) is 0.647. The SMILES string of the molecule is CC(C)CN1CCN(C(C)C(N)c2ccccc2)CC1. The van der Waals surface area contributed by atoms with Gasteiger partial charge in [-0.1, -0.05) is 44.2 Å². The largest absolute Gasteiger partial charge is 0.323 e. The van der Waals surface area contributed by atoms with Crippen LogP contribution in [0.25, 0.3) is 0 Å². The minimum absolute atomic E-state index is 0.104. The molecule has 1 fully saturated rings. The molecule has 1 heterocycles. The molecule has 1 aliphatic rings. The highest BCUT2D eigenvalue weighted by molar-refractivity contribution is 5.20. The number of rotatable bonds is 5. The van der Waals surface area contributed by atoms with E-state index in [2.05, 4.69) is 54.8 Å². The fourth-order valence-corrected chi connectivity index (χ4v) is 3.05. The van der Waals surface area contributed by atoms with Crippen LogP contribution in [0, 0.1) is 5.92 Å². The average molecular weight is 275 g/mol. The van der Waals surface area contributed by atoms with Crippen LogP contribution in [0.3, 0.4) is 0 Å². The summed E-state index contributed by atoms with van der Waals surface area (Å²) < 4.78 is 0. The topological polar surface area (TPSA) is 32.5 Å². The van der Waals surface area contributed by atoms with Crippen LogP contribution in [0.2, 0.25) is 0 Å². The van der Waals surface area contributed by atoms with E-state index in [-0.39, 0.29) is 6.04 Å². The highest BCUT2D eigenvalue weighted by atomic mass is 15.3. The Bertz CT molecular complexity index is 382. The minimum atomic E-state index is 0.104. The van der Waals surface area contributed by atoms with Crippen molar-refractivity contribution >= 4 is 0 Å². The number of hydrogen-bond donors (Lipinski definition) is 1. The molecule has 0 radical (unpaired) electrons. The summed E-state index contributed by atoms with van der Waals surface area (Å²) in [6.45, 7) is 12.7. The second-order valence-electron chi connectivity index (χ2n) is 6.41. The number of hydrogen-bond acceptors (Lipinski definition) is 3. The van der Waals surface area contributed by atoms with E-state index in [0.29, 0.717) is 6.04 Å². The highest BCUT2D eigenvalue weighted by Gasteiger charge is 2.25. The molecule has 2 rings (SSSR count). The smallest absolute Gasteiger partial charge is 0.0450 e. The van der Waals surface area contributed by atoms with Crippen LogP contribution in [-0.2, 0) is 0 Å². The van der Waals surface area contributed by atoms with Crippen molar-refractivity contribution < 1.29 is 0 Å². The van der Waals surface area contributed by atoms with Gasteiger partial charge in [0.2, 0.25) is 0 Å². The zero-order chi connectivity index (χ0) is 14.5. The summed E-state index contributed by atoms with van der Waals surface area (Å²) >= 11 is 0. The molecule has 1 aromatic carbocycles. The Morgan fingerprint density at radius 1 is 1.00 bits per heavy atom. The van der Waals surface area contributed by atoms with Gasteiger partial charge in [0.05, 0.1) is 0 Å². The summed E-state index contributed by atoms with van der Waals surface area (Å²) in [5, 5.41) is 0. The predicted molar refractivity (Wildman–Crippen MR) is 85.7 cm³/mol. The third-order valence-corrected chi connectivity index (χ3v) is 4.31. The lowest BCUT2D eigenvalue weighted by Gasteiger charge is -2.40. The van der Waals surface area contributed by atoms with Crippen molar-refractivity contribution in [3.8, 4) is 0 Å². The maximum Gasteiger partial charge on any atom is 0.0450 e. The molecule has 2 unspecified atom stereocenters. The van der Waals surface area contributed by atoms with Crippen molar-refractivity contribution in [3.05, 3.63) is 35.9 Å². The molecule has 1 aliphatic heterocycles. The van der Waals surface area contributed by atoms with Gasteiger partial charge in [-0.2, -0.15) is 0 Å². The number of piperazine rings is 1. The van der Waals surface area contributed by atoms with E-state index in [1.807, 2.05) is 6.07 Å². The molecular formula is C17H29N3. The molecule has 0 aliphatic carbocycles. The Hall–Kier alpha value is -0.900. The first-order chi connectivity index (χ1) is 9.58. The molecule has 0 saturated carbocycles. The first kappa shape index (κ1) is 15.5. The molecule has 3 heteroatoms. The molecule has 2 atom stereocenters. The Labute approximate surface area is 123 Å². The summed E-state index contributed by atoms with van der Waals surface area (Å²) in [5.74, 6) is 0.755. The number of nitrogens with two attached hydrogens (primary N) is 1. The minimum Gasteiger partial charge on any atom is -0.323 e. The number of nitrogens with zero attached hydrogens (tertiary/aromatic N) is 2. The van der Waals surface area contributed by atoms with Gasteiger partial charge in [-0.05, 0) is 18.4 Å². The van der Waals surface area contributed by atoms with Gasteiger partial charge in [0.15, 0.2) is 0 Å². The lowest BCUT2D eigenvalue weighted by Crippen LogP contribution is -2.52. The Morgan fingerprint density at radius 3 is 2.15 bits per heavy atom. The normalized spacial score (nSPS) is 21.1. The van der Waals surface area contributed by atoms with Crippen LogP contribution in [0.1, 0.15) is 32.4 Å². The molecule has 0 aromatic heterocycles. The Kier molecular flexibility index (Phi) is 5.58. The highest BCUT2D eigenvalue weighted by Crippen LogP contribution is 2.19. The molecule has 112 valence electrons. The first-order valence-electron chi connectivity index (χ1n) is 7.85. The molecule has 1 saturated heterocycles. The van der Waals surface area contributed by atoms with Crippen molar-refractivity contribution in [2.75, 3.05) is 32.7 Å². The van der Waals surface area contributed by atoms with Crippen LogP contribution in [0.5, 0.6) is 0 Å². The summed E-state index contributed by atoms with van der Waals surface area (Å²) in [5.41, 5.74) is 7.67. The third-order valence-electron chi connectivity index (χ3n) is 4.31. The molecule has 0 bridgehead atoms. The zero-order valence-corrected chi connectivity index (χ0v) is 13.1. The van der Waals surface area contributed by atoms with E-state index in [4.69, 9.17) is 5.73 Å². The third kappa shape index (κ3) is 4.05. The maximum absolute atomic E-state index is 6.43. The number of benzene rings is 1. The monoisotopic (exact) mass is 275 g/mol. The summed E-state index contributed by atoms with van der Waals surface area (Å²) in [4.78, 5) is 5.11. The second kappa shape index (κ2) is 7.21. The van der Waals surface area contributed by atoms with E-state index < -0.39 is 0 Å². The van der Waals surface area contributed by atoms with Gasteiger partial charge < -0.3 is 10.6 Å². The van der Waals surface area contributed by atoms with Gasteiger partial charge in [0.1, 0.15) is 0 Å². The standard InChI is InChI=1S/C17H29N3/c1-14(2)13-19-9-11-20(12-10-19)15(3)17(18)16-7-5-4-6-8-16/h4-8,14-15,17H,9-13,18H2,1-3H3. The second-order valence-corrected chi connectivity index (χ2v) is 6.41. The van der Waals surface area contributed by atoms with Gasteiger partial charge in [-0.3, -0.25) is 4.90 Å². The van der Waals surface area contributed by atoms with E-state index in [0.717, 1.165) is 19.0 Å². The molecule has 0 amide bonds. The predicted octanol–water partition coefficient (Wildman–Crippen LogP) is 2.35. The van der Waals surface area contributed by atoms with Crippen molar-refractivity contribution in [3.63, 3.8) is 0 Å². The lowest BCUT2D eigenvalue weighted by atomic mass is 9.99. The molecule has 20 heavy (non-hydrogen) atoms. The Morgan fingerprint density at radius 2 is 1.60 bits per heavy atom. The van der Waals surface area contributed by atoms with Crippen LogP contribution < -0.4 is 5.73 Å². The zero-order valence-electron chi connectivity index (χ0n) is 13.1. The molecule has 0 spiro atoms. The molecule has 3 nitrogen and oxygen atoms in total. The van der Waals surface area contributed by atoms with Crippen molar-refractivity contribution in [2.45, 2.75) is 32.9 Å². The maximum atomic E-state index is 6.43. The summed E-state index contributed by atoms with van der Waals surface area (Å²) in [7, 11) is 0. The van der Waals surface area contributed by atoms with Crippen LogP contribution in [0.15, 0.2) is 30.3 Å². The fourth-order valence-electron chi connectivity index (χ4n) is 3.05. The van der Waals surface area contributed by atoms with Crippen molar-refractivity contribution in [1.82, 2.24) is 9.80 Å². The van der Waals surface area contributed by atoms with E-state index in [9.17, 15) is 0 Å². The van der Waals surface area contributed by atoms with Crippen LogP contribution >= 0.6 is 0 Å². The lowest BCUT2D eigenvalue weighted by molar-refractivity contribution is 0.0852. The van der Waals surface area contributed by atoms with E-state index in [1.54, 1.807) is 0 Å². The summed E-state index contributed by atoms with van der Waals surface area (Å²) in [6, 6.07) is 11.0. The van der Waals surface area contributed by atoms with Gasteiger partial charge >= 0.3 is 0 Å². The quantitative estimate of drug-likeness (QED) is 0.895. The van der Waals surface area contributed by atoms with Gasteiger partial charge in [0.25, 0.3) is 0 Å². The molecule has 1 aromatic rings. The first-order valence-corrected chi connectivity index (χ1v) is 7.85. The van der Waals surface area contributed by atoms with E-state index in [1.165, 1.54) is 25.2 Å². The van der Waals surface area contributed by atoms with Gasteiger partial charge in [-0.15, -0.1) is 0 Å². The van der Waals surface area contributed by atoms with Gasteiger partial charge in [0, 0.05) is 44.8 Å².